The summed E-state index contributed by atoms with van der Waals surface area (Å²) in [6.07, 6.45) is 0. The van der Waals surface area contributed by atoms with Crippen LogP contribution in [0.5, 0.6) is 11.5 Å². The maximum atomic E-state index is 13.3. The van der Waals surface area contributed by atoms with Gasteiger partial charge in [-0.3, -0.25) is 9.80 Å². The fourth-order valence-electron chi connectivity index (χ4n) is 3.92. The molecule has 0 N–H and O–H groups in total. The average Bonchev–Trinajstić information content (AvgIpc) is 3.11. The van der Waals surface area contributed by atoms with Crippen LogP contribution in [0.15, 0.2) is 48.5 Å². The van der Waals surface area contributed by atoms with Crippen LogP contribution in [0.3, 0.4) is 0 Å². The Morgan fingerprint density at radius 2 is 1.36 bits per heavy atom. The first kappa shape index (κ1) is 18.6. The molecule has 7 nitrogen and oxygen atoms in total. The van der Waals surface area contributed by atoms with Gasteiger partial charge in [-0.2, -0.15) is 0 Å². The Morgan fingerprint density at radius 1 is 0.893 bits per heavy atom. The molecule has 148 valence electrons. The minimum atomic E-state index is -3.23. The Bertz CT molecular complexity index is 973. The molecule has 0 unspecified atom stereocenters. The van der Waals surface area contributed by atoms with Gasteiger partial charge in [0.2, 0.25) is 0 Å². The van der Waals surface area contributed by atoms with E-state index in [1.165, 1.54) is 0 Å². The number of nitrogens with zero attached hydrogens (tertiary/aromatic N) is 2. The summed E-state index contributed by atoms with van der Waals surface area (Å²) >= 11 is 0. The van der Waals surface area contributed by atoms with E-state index in [-0.39, 0.29) is 17.5 Å². The Kier molecular flexibility index (Phi) is 4.66. The first-order valence-electron chi connectivity index (χ1n) is 9.13. The summed E-state index contributed by atoms with van der Waals surface area (Å²) in [6.45, 7) is 2.45. The lowest BCUT2D eigenvalue weighted by Crippen LogP contribution is -2.37. The van der Waals surface area contributed by atoms with Gasteiger partial charge in [-0.1, -0.05) is 0 Å². The molecule has 2 aliphatic heterocycles. The van der Waals surface area contributed by atoms with Crippen LogP contribution in [0.25, 0.3) is 0 Å². The number of carbonyl (C=O) groups excluding carboxylic acids is 1. The minimum Gasteiger partial charge on any atom is -0.497 e. The molecule has 0 saturated carbocycles. The quantitative estimate of drug-likeness (QED) is 0.719. The monoisotopic (exact) mass is 402 g/mol. The van der Waals surface area contributed by atoms with Gasteiger partial charge in [-0.25, -0.2) is 13.2 Å². The van der Waals surface area contributed by atoms with Crippen LogP contribution in [0.2, 0.25) is 0 Å². The van der Waals surface area contributed by atoms with E-state index in [4.69, 9.17) is 9.47 Å². The lowest BCUT2D eigenvalue weighted by Gasteiger charge is -2.23. The normalized spacial score (nSPS) is 23.0. The number of hydrogen-bond donors (Lipinski definition) is 0. The topological polar surface area (TPSA) is 76.2 Å². The zero-order valence-electron chi connectivity index (χ0n) is 15.7. The summed E-state index contributed by atoms with van der Waals surface area (Å²) in [5.41, 5.74) is 1.32. The number of anilines is 2. The van der Waals surface area contributed by atoms with E-state index in [0.29, 0.717) is 29.5 Å². The molecule has 0 spiro atoms. The van der Waals surface area contributed by atoms with Crippen LogP contribution in [0.4, 0.5) is 16.2 Å². The van der Waals surface area contributed by atoms with Crippen molar-refractivity contribution in [2.45, 2.75) is 19.0 Å². The SMILES string of the molecule is CCOc1ccc(N2C(=O)N(c3ccc(OC)cc3)[C@H]3CS(=O)(=O)C[C@H]32)cc1. The Labute approximate surface area is 164 Å². The number of amides is 2. The van der Waals surface area contributed by atoms with Crippen molar-refractivity contribution in [2.75, 3.05) is 35.0 Å². The molecule has 2 amide bonds. The van der Waals surface area contributed by atoms with Crippen molar-refractivity contribution in [1.29, 1.82) is 0 Å². The van der Waals surface area contributed by atoms with Crippen molar-refractivity contribution in [3.05, 3.63) is 48.5 Å². The van der Waals surface area contributed by atoms with Crippen LogP contribution in [-0.2, 0) is 9.84 Å². The van der Waals surface area contributed by atoms with Gasteiger partial charge < -0.3 is 9.47 Å². The lowest BCUT2D eigenvalue weighted by molar-refractivity contribution is 0.255. The summed E-state index contributed by atoms with van der Waals surface area (Å²) in [5.74, 6) is 1.31. The number of carbonyl (C=O) groups is 1. The molecule has 2 heterocycles. The zero-order valence-corrected chi connectivity index (χ0v) is 16.6. The smallest absolute Gasteiger partial charge is 0.329 e. The Balaban J connectivity index is 1.71. The van der Waals surface area contributed by atoms with Crippen molar-refractivity contribution in [2.24, 2.45) is 0 Å². The number of benzene rings is 2. The number of rotatable bonds is 5. The maximum absolute atomic E-state index is 13.3. The first-order chi connectivity index (χ1) is 13.4. The van der Waals surface area contributed by atoms with Crippen molar-refractivity contribution in [3.63, 3.8) is 0 Å². The third kappa shape index (κ3) is 3.17. The number of urea groups is 1. The third-order valence-corrected chi connectivity index (χ3v) is 6.84. The molecule has 28 heavy (non-hydrogen) atoms. The molecule has 2 aromatic rings. The highest BCUT2D eigenvalue weighted by Gasteiger charge is 2.54. The molecule has 2 fully saturated rings. The largest absolute Gasteiger partial charge is 0.497 e. The van der Waals surface area contributed by atoms with E-state index in [1.807, 2.05) is 6.92 Å². The van der Waals surface area contributed by atoms with Gasteiger partial charge in [0.05, 0.1) is 37.3 Å². The molecule has 4 rings (SSSR count). The highest BCUT2D eigenvalue weighted by molar-refractivity contribution is 7.91. The molecule has 0 bridgehead atoms. The maximum Gasteiger partial charge on any atom is 0.329 e. The highest BCUT2D eigenvalue weighted by atomic mass is 32.2. The second-order valence-corrected chi connectivity index (χ2v) is 9.01. The number of hydrogen-bond acceptors (Lipinski definition) is 5. The third-order valence-electron chi connectivity index (χ3n) is 5.15. The van der Waals surface area contributed by atoms with E-state index in [0.717, 1.165) is 0 Å². The molecular weight excluding hydrogens is 380 g/mol. The first-order valence-corrected chi connectivity index (χ1v) is 11.0. The van der Waals surface area contributed by atoms with Crippen LogP contribution in [0.1, 0.15) is 6.92 Å². The van der Waals surface area contributed by atoms with Gasteiger partial charge in [0.15, 0.2) is 9.84 Å². The van der Waals surface area contributed by atoms with E-state index in [1.54, 1.807) is 65.4 Å². The van der Waals surface area contributed by atoms with Crippen molar-refractivity contribution in [1.82, 2.24) is 0 Å². The zero-order chi connectivity index (χ0) is 19.9. The lowest BCUT2D eigenvalue weighted by atomic mass is 10.1. The summed E-state index contributed by atoms with van der Waals surface area (Å²) in [4.78, 5) is 16.5. The summed E-state index contributed by atoms with van der Waals surface area (Å²) in [6, 6.07) is 13.2. The predicted octanol–water partition coefficient (Wildman–Crippen LogP) is 2.71. The van der Waals surface area contributed by atoms with Crippen LogP contribution < -0.4 is 19.3 Å². The molecule has 2 atom stereocenters. The van der Waals surface area contributed by atoms with Gasteiger partial charge in [-0.05, 0) is 55.5 Å². The molecule has 0 radical (unpaired) electrons. The summed E-state index contributed by atoms with van der Waals surface area (Å²) < 4.78 is 35.3. The molecular formula is C20H22N2O5S. The van der Waals surface area contributed by atoms with Crippen molar-refractivity contribution in [3.8, 4) is 11.5 Å². The fourth-order valence-corrected chi connectivity index (χ4v) is 5.84. The average molecular weight is 402 g/mol. The van der Waals surface area contributed by atoms with Gasteiger partial charge in [0, 0.05) is 11.4 Å². The van der Waals surface area contributed by atoms with Crippen LogP contribution in [-0.4, -0.2) is 51.8 Å². The van der Waals surface area contributed by atoms with E-state index in [9.17, 15) is 13.2 Å². The Morgan fingerprint density at radius 3 is 1.79 bits per heavy atom. The van der Waals surface area contributed by atoms with E-state index < -0.39 is 21.9 Å². The van der Waals surface area contributed by atoms with Gasteiger partial charge in [0.1, 0.15) is 11.5 Å². The van der Waals surface area contributed by atoms with Crippen LogP contribution in [0, 0.1) is 0 Å². The number of methoxy groups -OCH3 is 1. The number of ether oxygens (including phenoxy) is 2. The van der Waals surface area contributed by atoms with E-state index >= 15 is 0 Å². The molecule has 0 aliphatic carbocycles. The standard InChI is InChI=1S/C20H22N2O5S/c1-3-27-17-10-6-15(7-11-17)22-19-13-28(24,25)12-18(19)21(20(22)23)14-4-8-16(26-2)9-5-14/h4-11,18-19H,3,12-13H2,1-2H3/t18-,19+/m0/s1. The van der Waals surface area contributed by atoms with Gasteiger partial charge in [-0.15, -0.1) is 0 Å². The molecule has 2 aromatic carbocycles. The Hall–Kier alpha value is -2.74. The van der Waals surface area contributed by atoms with Crippen molar-refractivity contribution >= 4 is 27.2 Å². The fraction of sp³-hybridized carbons (Fsp3) is 0.350. The molecule has 0 aromatic heterocycles. The van der Waals surface area contributed by atoms with E-state index in [2.05, 4.69) is 0 Å². The summed E-state index contributed by atoms with van der Waals surface area (Å²) in [7, 11) is -1.65. The molecule has 2 aliphatic rings. The van der Waals surface area contributed by atoms with Crippen LogP contribution >= 0.6 is 0 Å². The van der Waals surface area contributed by atoms with Crippen molar-refractivity contribution < 1.29 is 22.7 Å². The van der Waals surface area contributed by atoms with Gasteiger partial charge >= 0.3 is 6.03 Å². The minimum absolute atomic E-state index is 0.0384. The highest BCUT2D eigenvalue weighted by Crippen LogP contribution is 2.38. The molecule has 2 saturated heterocycles. The number of fused-ring (bicyclic) bond motifs is 1. The second-order valence-electron chi connectivity index (χ2n) is 6.86. The molecule has 8 heteroatoms. The number of sulfone groups is 1. The predicted molar refractivity (Wildman–Crippen MR) is 107 cm³/mol. The summed E-state index contributed by atoms with van der Waals surface area (Å²) in [5, 5.41) is 0. The van der Waals surface area contributed by atoms with Gasteiger partial charge in [0.25, 0.3) is 0 Å². The second kappa shape index (κ2) is 7.01.